The minimum atomic E-state index is -3.93. The van der Waals surface area contributed by atoms with E-state index >= 15 is 0 Å². The summed E-state index contributed by atoms with van der Waals surface area (Å²) in [5, 5.41) is 9.95. The van der Waals surface area contributed by atoms with E-state index < -0.39 is 16.0 Å². The molecule has 5 nitrogen and oxygen atoms in total. The van der Waals surface area contributed by atoms with Crippen molar-refractivity contribution in [3.05, 3.63) is 88.9 Å². The minimum Gasteiger partial charge on any atom is -0.478 e. The monoisotopic (exact) mass is 447 g/mol. The predicted molar refractivity (Wildman–Crippen MR) is 117 cm³/mol. The summed E-state index contributed by atoms with van der Waals surface area (Å²) in [4.78, 5) is 12.4. The first-order chi connectivity index (χ1) is 13.8. The first kappa shape index (κ1) is 21.2. The van der Waals surface area contributed by atoms with Gasteiger partial charge in [-0.3, -0.25) is 4.72 Å². The van der Waals surface area contributed by atoms with Gasteiger partial charge in [-0.15, -0.1) is 11.8 Å². The zero-order chi connectivity index (χ0) is 20.9. The number of benzene rings is 3. The van der Waals surface area contributed by atoms with E-state index in [1.807, 2.05) is 30.3 Å². The number of thioether (sulfide) groups is 1. The molecule has 0 atom stereocenters. The largest absolute Gasteiger partial charge is 0.478 e. The van der Waals surface area contributed by atoms with E-state index in [9.17, 15) is 18.3 Å². The van der Waals surface area contributed by atoms with Gasteiger partial charge in [-0.05, 0) is 54.4 Å². The van der Waals surface area contributed by atoms with Crippen LogP contribution in [-0.2, 0) is 16.4 Å². The van der Waals surface area contributed by atoms with Crippen LogP contribution in [0.4, 0.5) is 5.69 Å². The van der Waals surface area contributed by atoms with Gasteiger partial charge in [0.05, 0.1) is 16.1 Å². The minimum absolute atomic E-state index is 0.000415. The van der Waals surface area contributed by atoms with Crippen LogP contribution in [0.2, 0.25) is 5.02 Å². The van der Waals surface area contributed by atoms with E-state index in [0.29, 0.717) is 5.02 Å². The highest BCUT2D eigenvalue weighted by Gasteiger charge is 2.19. The second kappa shape index (κ2) is 9.35. The molecule has 0 aliphatic heterocycles. The molecule has 0 radical (unpaired) electrons. The molecule has 0 bridgehead atoms. The van der Waals surface area contributed by atoms with E-state index in [1.165, 1.54) is 53.7 Å². The van der Waals surface area contributed by atoms with Crippen molar-refractivity contribution in [3.8, 4) is 0 Å². The highest BCUT2D eigenvalue weighted by atomic mass is 35.5. The molecule has 8 heteroatoms. The highest BCUT2D eigenvalue weighted by Crippen LogP contribution is 2.27. The molecule has 0 spiro atoms. The van der Waals surface area contributed by atoms with Gasteiger partial charge in [0.15, 0.2) is 0 Å². The lowest BCUT2D eigenvalue weighted by Gasteiger charge is -2.12. The van der Waals surface area contributed by atoms with Crippen molar-refractivity contribution in [1.29, 1.82) is 0 Å². The lowest BCUT2D eigenvalue weighted by atomic mass is 10.2. The van der Waals surface area contributed by atoms with Crippen molar-refractivity contribution >= 4 is 45.0 Å². The van der Waals surface area contributed by atoms with Gasteiger partial charge in [-0.25, -0.2) is 13.2 Å². The van der Waals surface area contributed by atoms with Gasteiger partial charge in [0.2, 0.25) is 0 Å². The molecular formula is C21H18ClNO4S2. The topological polar surface area (TPSA) is 83.5 Å². The van der Waals surface area contributed by atoms with Crippen LogP contribution in [0.15, 0.2) is 82.6 Å². The third-order valence-electron chi connectivity index (χ3n) is 4.09. The maximum absolute atomic E-state index is 12.5. The van der Waals surface area contributed by atoms with Crippen molar-refractivity contribution < 1.29 is 18.3 Å². The molecule has 0 fully saturated rings. The number of aromatic carboxylic acids is 1. The van der Waals surface area contributed by atoms with Crippen molar-refractivity contribution in [1.82, 2.24) is 0 Å². The van der Waals surface area contributed by atoms with Gasteiger partial charge in [-0.1, -0.05) is 41.9 Å². The Morgan fingerprint density at radius 3 is 2.34 bits per heavy atom. The number of aryl methyl sites for hydroxylation is 1. The Morgan fingerprint density at radius 2 is 1.69 bits per heavy atom. The Balaban J connectivity index is 1.75. The lowest BCUT2D eigenvalue weighted by molar-refractivity contribution is 0.0698. The fourth-order valence-electron chi connectivity index (χ4n) is 2.63. The first-order valence-electron chi connectivity index (χ1n) is 8.67. The molecule has 3 aromatic rings. The smallest absolute Gasteiger partial charge is 0.337 e. The third-order valence-corrected chi connectivity index (χ3v) is 6.72. The summed E-state index contributed by atoms with van der Waals surface area (Å²) in [6.07, 6.45) is 0.846. The van der Waals surface area contributed by atoms with Gasteiger partial charge in [0.25, 0.3) is 10.0 Å². The number of carboxylic acids is 1. The Hall–Kier alpha value is -2.48. The first-order valence-corrected chi connectivity index (χ1v) is 11.5. The SMILES string of the molecule is O=C(O)c1cc(SCCc2ccccc2)ccc1NS(=O)(=O)c1ccc(Cl)cc1. The second-order valence-electron chi connectivity index (χ2n) is 6.16. The fourth-order valence-corrected chi connectivity index (χ4v) is 4.77. The normalized spacial score (nSPS) is 11.2. The summed E-state index contributed by atoms with van der Waals surface area (Å²) >= 11 is 7.31. The van der Waals surface area contributed by atoms with Gasteiger partial charge in [-0.2, -0.15) is 0 Å². The van der Waals surface area contributed by atoms with Crippen LogP contribution >= 0.6 is 23.4 Å². The zero-order valence-electron chi connectivity index (χ0n) is 15.2. The number of halogens is 1. The lowest BCUT2D eigenvalue weighted by Crippen LogP contribution is -2.15. The van der Waals surface area contributed by atoms with Crippen LogP contribution in [-0.4, -0.2) is 25.2 Å². The number of sulfonamides is 1. The summed E-state index contributed by atoms with van der Waals surface area (Å²) in [7, 11) is -3.93. The molecule has 2 N–H and O–H groups in total. The average Bonchev–Trinajstić information content (AvgIpc) is 2.70. The molecule has 29 heavy (non-hydrogen) atoms. The summed E-state index contributed by atoms with van der Waals surface area (Å²) < 4.78 is 27.5. The van der Waals surface area contributed by atoms with Crippen molar-refractivity contribution in [3.63, 3.8) is 0 Å². The number of carboxylic acid groups (broad SMARTS) is 1. The molecule has 0 amide bonds. The molecule has 3 rings (SSSR count). The van der Waals surface area contributed by atoms with Crippen LogP contribution < -0.4 is 4.72 Å². The van der Waals surface area contributed by atoms with Gasteiger partial charge >= 0.3 is 5.97 Å². The standard InChI is InChI=1S/C21H18ClNO4S2/c22-16-6-9-18(10-7-16)29(26,27)23-20-11-8-17(14-19(20)21(24)25)28-13-12-15-4-2-1-3-5-15/h1-11,14,23H,12-13H2,(H,24,25). The van der Waals surface area contributed by atoms with E-state index in [0.717, 1.165) is 17.1 Å². The molecule has 0 aliphatic rings. The van der Waals surface area contributed by atoms with Crippen molar-refractivity contribution in [2.45, 2.75) is 16.2 Å². The maximum atomic E-state index is 12.5. The predicted octanol–water partition coefficient (Wildman–Crippen LogP) is 5.17. The average molecular weight is 448 g/mol. The number of hydrogen-bond acceptors (Lipinski definition) is 4. The van der Waals surface area contributed by atoms with Crippen LogP contribution in [0.5, 0.6) is 0 Å². The van der Waals surface area contributed by atoms with Crippen molar-refractivity contribution in [2.24, 2.45) is 0 Å². The molecule has 0 aromatic heterocycles. The molecule has 150 valence electrons. The van der Waals surface area contributed by atoms with E-state index in [2.05, 4.69) is 4.72 Å². The molecule has 0 unspecified atom stereocenters. The molecule has 0 saturated heterocycles. The summed E-state index contributed by atoms with van der Waals surface area (Å²) in [5.74, 6) is -0.428. The zero-order valence-corrected chi connectivity index (χ0v) is 17.6. The number of carbonyl (C=O) groups is 1. The van der Waals surface area contributed by atoms with Crippen LogP contribution in [0.1, 0.15) is 15.9 Å². The molecule has 0 saturated carbocycles. The number of nitrogens with one attached hydrogen (secondary N) is 1. The van der Waals surface area contributed by atoms with Gasteiger partial charge in [0.1, 0.15) is 0 Å². The highest BCUT2D eigenvalue weighted by molar-refractivity contribution is 7.99. The number of anilines is 1. The summed E-state index contributed by atoms with van der Waals surface area (Å²) in [5.41, 5.74) is 1.11. The molecular weight excluding hydrogens is 430 g/mol. The number of hydrogen-bond donors (Lipinski definition) is 2. The maximum Gasteiger partial charge on any atom is 0.337 e. The Morgan fingerprint density at radius 1 is 1.00 bits per heavy atom. The van der Waals surface area contributed by atoms with E-state index in [4.69, 9.17) is 11.6 Å². The van der Waals surface area contributed by atoms with Gasteiger partial charge in [0, 0.05) is 15.7 Å². The summed E-state index contributed by atoms with van der Waals surface area (Å²) in [6.45, 7) is 0. The Labute approximate surface area is 178 Å². The Bertz CT molecular complexity index is 1100. The van der Waals surface area contributed by atoms with Crippen LogP contribution in [0, 0.1) is 0 Å². The molecule has 3 aromatic carbocycles. The van der Waals surface area contributed by atoms with E-state index in [1.54, 1.807) is 6.07 Å². The Kier molecular flexibility index (Phi) is 6.84. The molecule has 0 aliphatic carbocycles. The van der Waals surface area contributed by atoms with E-state index in [-0.39, 0.29) is 16.1 Å². The van der Waals surface area contributed by atoms with Crippen LogP contribution in [0.3, 0.4) is 0 Å². The third kappa shape index (κ3) is 5.76. The summed E-state index contributed by atoms with van der Waals surface area (Å²) in [6, 6.07) is 20.3. The van der Waals surface area contributed by atoms with Crippen molar-refractivity contribution in [2.75, 3.05) is 10.5 Å². The van der Waals surface area contributed by atoms with Crippen LogP contribution in [0.25, 0.3) is 0 Å². The van der Waals surface area contributed by atoms with Gasteiger partial charge < -0.3 is 5.11 Å². The second-order valence-corrected chi connectivity index (χ2v) is 9.44. The fraction of sp³-hybridized carbons (Fsp3) is 0.0952. The number of rotatable bonds is 8. The molecule has 0 heterocycles. The quantitative estimate of drug-likeness (QED) is 0.465.